The summed E-state index contributed by atoms with van der Waals surface area (Å²) >= 11 is 0. The molecule has 3 aromatic heterocycles. The maximum absolute atomic E-state index is 13.9. The number of cyclic esters (lactones) is 1. The average molecular weight is 570 g/mol. The van der Waals surface area contributed by atoms with Crippen LogP contribution in [0.25, 0.3) is 27.9 Å². The van der Waals surface area contributed by atoms with Crippen LogP contribution >= 0.6 is 0 Å². The molecule has 0 saturated carbocycles. The number of hydrogen-bond acceptors (Lipinski definition) is 7. The molecule has 0 N–H and O–H groups in total. The zero-order chi connectivity index (χ0) is 29.6. The van der Waals surface area contributed by atoms with Crippen molar-refractivity contribution in [3.05, 3.63) is 120 Å². The van der Waals surface area contributed by atoms with Crippen molar-refractivity contribution < 1.29 is 14.3 Å². The molecule has 0 spiro atoms. The fourth-order valence-electron chi connectivity index (χ4n) is 6.09. The maximum Gasteiger partial charge on any atom is 0.360 e. The molecular weight excluding hydrogens is 538 g/mol. The number of fused-ring (bicyclic) bond motifs is 3. The summed E-state index contributed by atoms with van der Waals surface area (Å²) in [5, 5.41) is 0. The molecule has 0 saturated heterocycles. The minimum absolute atomic E-state index is 0.180. The van der Waals surface area contributed by atoms with Gasteiger partial charge in [-0.05, 0) is 57.2 Å². The van der Waals surface area contributed by atoms with Crippen LogP contribution < -0.4 is 9.64 Å². The quantitative estimate of drug-likeness (QED) is 0.190. The number of hydrogen-bond donors (Lipinski definition) is 0. The van der Waals surface area contributed by atoms with E-state index in [0.717, 1.165) is 24.3 Å². The molecule has 1 unspecified atom stereocenters. The highest BCUT2D eigenvalue weighted by atomic mass is 16.6. The number of carbonyl (C=O) groups is 1. The summed E-state index contributed by atoms with van der Waals surface area (Å²) in [6.07, 6.45) is 1.94. The maximum atomic E-state index is 13.9. The van der Waals surface area contributed by atoms with Gasteiger partial charge < -0.3 is 14.4 Å². The van der Waals surface area contributed by atoms with Gasteiger partial charge in [0.05, 0.1) is 28.9 Å². The highest BCUT2D eigenvalue weighted by Crippen LogP contribution is 2.52. The molecule has 1 aliphatic heterocycles. The van der Waals surface area contributed by atoms with Gasteiger partial charge in [-0.2, -0.15) is 0 Å². The van der Waals surface area contributed by atoms with Gasteiger partial charge in [0.25, 0.3) is 0 Å². The normalized spacial score (nSPS) is 15.9. The number of benzene rings is 3. The monoisotopic (exact) mass is 569 g/mol. The summed E-state index contributed by atoms with van der Waals surface area (Å²) in [5.41, 5.74) is 4.97. The van der Waals surface area contributed by atoms with Crippen LogP contribution in [0.15, 0.2) is 97.2 Å². The number of anilines is 1. The third-order valence-corrected chi connectivity index (χ3v) is 8.03. The Morgan fingerprint density at radius 3 is 2.28 bits per heavy atom. The van der Waals surface area contributed by atoms with Crippen LogP contribution in [0.5, 0.6) is 5.75 Å². The molecule has 3 aromatic carbocycles. The van der Waals surface area contributed by atoms with Crippen molar-refractivity contribution in [3.63, 3.8) is 0 Å². The number of nitrogens with zero attached hydrogens (tertiary/aromatic N) is 5. The van der Waals surface area contributed by atoms with E-state index in [1.54, 1.807) is 0 Å². The van der Waals surface area contributed by atoms with Gasteiger partial charge in [0, 0.05) is 36.6 Å². The summed E-state index contributed by atoms with van der Waals surface area (Å²) in [6, 6.07) is 29.4. The van der Waals surface area contributed by atoms with E-state index in [2.05, 4.69) is 24.8 Å². The van der Waals surface area contributed by atoms with Crippen molar-refractivity contribution in [2.24, 2.45) is 0 Å². The van der Waals surface area contributed by atoms with Gasteiger partial charge in [0.2, 0.25) is 5.60 Å². The smallest absolute Gasteiger partial charge is 0.360 e. The summed E-state index contributed by atoms with van der Waals surface area (Å²) < 4.78 is 14.9. The molecule has 43 heavy (non-hydrogen) atoms. The van der Waals surface area contributed by atoms with Crippen LogP contribution in [0.3, 0.4) is 0 Å². The Morgan fingerprint density at radius 1 is 0.814 bits per heavy atom. The fraction of sp³-hybridized carbons (Fsp3) is 0.200. The molecular formula is C35H31N5O3. The second kappa shape index (κ2) is 10.5. The lowest BCUT2D eigenvalue weighted by Crippen LogP contribution is -2.33. The van der Waals surface area contributed by atoms with Crippen LogP contribution in [0.1, 0.15) is 48.2 Å². The van der Waals surface area contributed by atoms with Crippen LogP contribution in [0.2, 0.25) is 0 Å². The lowest BCUT2D eigenvalue weighted by molar-refractivity contribution is 0.0220. The number of aromatic nitrogens is 4. The predicted octanol–water partition coefficient (Wildman–Crippen LogP) is 6.65. The van der Waals surface area contributed by atoms with E-state index in [4.69, 9.17) is 24.4 Å². The molecule has 8 heteroatoms. The van der Waals surface area contributed by atoms with E-state index in [1.807, 2.05) is 102 Å². The standard InChI is InChI=1S/C35H31N5O3/c1-4-39(5-2)24-19-20-25(28(22-24)42-6-3)35(32-31(34(41)43-35)36-26-16-10-11-17-27(26)37-32)33-30(23-14-8-7-9-15-23)38-29-18-12-13-21-40(29)33/h7-22H,4-6H2,1-3H3. The van der Waals surface area contributed by atoms with Gasteiger partial charge in [0.15, 0.2) is 5.69 Å². The highest BCUT2D eigenvalue weighted by molar-refractivity contribution is 5.96. The first-order valence-corrected chi connectivity index (χ1v) is 14.6. The summed E-state index contributed by atoms with van der Waals surface area (Å²) in [5.74, 6) is 0.0563. The van der Waals surface area contributed by atoms with Gasteiger partial charge >= 0.3 is 5.97 Å². The Bertz CT molecular complexity index is 1980. The number of rotatable bonds is 8. The Kier molecular flexibility index (Phi) is 6.54. The van der Waals surface area contributed by atoms with Crippen molar-refractivity contribution in [2.75, 3.05) is 24.6 Å². The van der Waals surface area contributed by atoms with Crippen LogP contribution in [0, 0.1) is 0 Å². The Labute approximate surface area is 249 Å². The topological polar surface area (TPSA) is 81.9 Å². The lowest BCUT2D eigenvalue weighted by atomic mass is 9.83. The fourth-order valence-corrected chi connectivity index (χ4v) is 6.09. The van der Waals surface area contributed by atoms with E-state index >= 15 is 0 Å². The van der Waals surface area contributed by atoms with Gasteiger partial charge in [0.1, 0.15) is 22.8 Å². The van der Waals surface area contributed by atoms with E-state index < -0.39 is 11.6 Å². The van der Waals surface area contributed by atoms with E-state index in [-0.39, 0.29) is 5.69 Å². The zero-order valence-electron chi connectivity index (χ0n) is 24.3. The predicted molar refractivity (Wildman–Crippen MR) is 167 cm³/mol. The van der Waals surface area contributed by atoms with Crippen molar-refractivity contribution in [3.8, 4) is 17.0 Å². The van der Waals surface area contributed by atoms with Gasteiger partial charge in [-0.3, -0.25) is 4.40 Å². The Hall–Kier alpha value is -5.24. The number of pyridine rings is 1. The average Bonchev–Trinajstić information content (AvgIpc) is 3.57. The van der Waals surface area contributed by atoms with Gasteiger partial charge in [-0.1, -0.05) is 48.5 Å². The minimum atomic E-state index is -1.51. The first-order chi connectivity index (χ1) is 21.1. The Morgan fingerprint density at radius 2 is 1.53 bits per heavy atom. The number of imidazole rings is 1. The van der Waals surface area contributed by atoms with Crippen molar-refractivity contribution in [1.82, 2.24) is 19.4 Å². The number of esters is 1. The molecule has 214 valence electrons. The molecule has 6 aromatic rings. The molecule has 0 fully saturated rings. The molecule has 0 amide bonds. The van der Waals surface area contributed by atoms with Crippen LogP contribution in [-0.2, 0) is 10.3 Å². The van der Waals surface area contributed by atoms with Crippen molar-refractivity contribution in [2.45, 2.75) is 26.4 Å². The molecule has 4 heterocycles. The molecule has 0 aliphatic carbocycles. The number of para-hydroxylation sites is 2. The third kappa shape index (κ3) is 4.13. The second-order valence-electron chi connectivity index (χ2n) is 10.4. The summed E-state index contributed by atoms with van der Waals surface area (Å²) in [6.45, 7) is 8.30. The van der Waals surface area contributed by atoms with E-state index in [9.17, 15) is 4.79 Å². The molecule has 1 atom stereocenters. The van der Waals surface area contributed by atoms with Gasteiger partial charge in [-0.15, -0.1) is 0 Å². The number of ether oxygens (including phenoxy) is 2. The van der Waals surface area contributed by atoms with Crippen molar-refractivity contribution in [1.29, 1.82) is 0 Å². The molecule has 0 radical (unpaired) electrons. The minimum Gasteiger partial charge on any atom is -0.493 e. The Balaban J connectivity index is 1.64. The first-order valence-electron chi connectivity index (χ1n) is 14.6. The summed E-state index contributed by atoms with van der Waals surface area (Å²) in [7, 11) is 0. The van der Waals surface area contributed by atoms with Gasteiger partial charge in [-0.25, -0.2) is 19.7 Å². The molecule has 0 bridgehead atoms. The molecule has 1 aliphatic rings. The van der Waals surface area contributed by atoms with Crippen LogP contribution in [0.4, 0.5) is 5.69 Å². The second-order valence-corrected chi connectivity index (χ2v) is 10.4. The lowest BCUT2D eigenvalue weighted by Gasteiger charge is -2.32. The zero-order valence-corrected chi connectivity index (χ0v) is 24.3. The van der Waals surface area contributed by atoms with E-state index in [1.165, 1.54) is 0 Å². The summed E-state index contributed by atoms with van der Waals surface area (Å²) in [4.78, 5) is 31.1. The third-order valence-electron chi connectivity index (χ3n) is 8.03. The largest absolute Gasteiger partial charge is 0.493 e. The number of carbonyl (C=O) groups excluding carboxylic acids is 1. The SMILES string of the molecule is CCOc1cc(N(CC)CC)ccc1C1(c2c(-c3ccccc3)nc3ccccn23)OC(=O)c2nc3ccccc3nc21. The van der Waals surface area contributed by atoms with Crippen molar-refractivity contribution >= 4 is 28.3 Å². The first kappa shape index (κ1) is 26.6. The van der Waals surface area contributed by atoms with Crippen LogP contribution in [-0.4, -0.2) is 45.0 Å². The molecule has 7 rings (SSSR count). The van der Waals surface area contributed by atoms with E-state index in [0.29, 0.717) is 51.7 Å². The highest BCUT2D eigenvalue weighted by Gasteiger charge is 2.56. The molecule has 8 nitrogen and oxygen atoms in total.